The van der Waals surface area contributed by atoms with Crippen molar-refractivity contribution in [2.45, 2.75) is 0 Å². The number of halogens is 1. The molecular weight excluding hydrogens is 359 g/mol. The number of imide groups is 1. The van der Waals surface area contributed by atoms with Crippen molar-refractivity contribution in [1.82, 2.24) is 4.90 Å². The topological polar surface area (TPSA) is 86.7 Å². The summed E-state index contributed by atoms with van der Waals surface area (Å²) in [4.78, 5) is 37.4. The van der Waals surface area contributed by atoms with Crippen molar-refractivity contribution in [1.29, 1.82) is 0 Å². The van der Waals surface area contributed by atoms with Gasteiger partial charge in [-0.3, -0.25) is 19.3 Å². The molecule has 0 radical (unpaired) electrons. The predicted octanol–water partition coefficient (Wildman–Crippen LogP) is 3.21. The van der Waals surface area contributed by atoms with Crippen LogP contribution in [0.2, 0.25) is 0 Å². The number of carbonyl (C=O) groups excluding carboxylic acids is 3. The molecule has 1 saturated heterocycles. The van der Waals surface area contributed by atoms with Gasteiger partial charge in [0.2, 0.25) is 5.91 Å². The van der Waals surface area contributed by atoms with Crippen molar-refractivity contribution in [3.05, 3.63) is 64.8 Å². The summed E-state index contributed by atoms with van der Waals surface area (Å²) in [5.41, 5.74) is 1.01. The Morgan fingerprint density at radius 2 is 1.77 bits per heavy atom. The lowest BCUT2D eigenvalue weighted by molar-refractivity contribution is -0.127. The van der Waals surface area contributed by atoms with Crippen molar-refractivity contribution in [3.63, 3.8) is 0 Å². The SMILES string of the molecule is O=C(CN1C(=O)S/C(=C\c2ccc(F)cc2)C1=O)Nc1ccc(O)cc1. The maximum absolute atomic E-state index is 12.9. The Hall–Kier alpha value is -3.13. The van der Waals surface area contributed by atoms with Gasteiger partial charge in [0.1, 0.15) is 18.1 Å². The Bertz CT molecular complexity index is 894. The van der Waals surface area contributed by atoms with Crippen LogP contribution in [0.3, 0.4) is 0 Å². The van der Waals surface area contributed by atoms with Gasteiger partial charge in [0.05, 0.1) is 4.91 Å². The van der Waals surface area contributed by atoms with Crippen LogP contribution in [0.15, 0.2) is 53.4 Å². The molecule has 132 valence electrons. The van der Waals surface area contributed by atoms with Crippen LogP contribution in [0.25, 0.3) is 6.08 Å². The average molecular weight is 372 g/mol. The number of rotatable bonds is 4. The van der Waals surface area contributed by atoms with Gasteiger partial charge in [0.15, 0.2) is 0 Å². The second kappa shape index (κ2) is 7.40. The summed E-state index contributed by atoms with van der Waals surface area (Å²) < 4.78 is 12.9. The van der Waals surface area contributed by atoms with Gasteiger partial charge in [-0.05, 0) is 59.8 Å². The fourth-order valence-electron chi connectivity index (χ4n) is 2.24. The zero-order valence-electron chi connectivity index (χ0n) is 13.3. The molecular formula is C18H13FN2O4S. The molecule has 0 aromatic heterocycles. The van der Waals surface area contributed by atoms with Gasteiger partial charge in [0, 0.05) is 5.69 Å². The summed E-state index contributed by atoms with van der Waals surface area (Å²) >= 11 is 0.723. The first-order valence-electron chi connectivity index (χ1n) is 7.52. The van der Waals surface area contributed by atoms with Crippen LogP contribution in [0.5, 0.6) is 5.75 Å². The minimum atomic E-state index is -0.579. The van der Waals surface area contributed by atoms with Crippen molar-refractivity contribution in [2.75, 3.05) is 11.9 Å². The molecule has 1 aliphatic rings. The van der Waals surface area contributed by atoms with E-state index in [1.165, 1.54) is 54.6 Å². The standard InChI is InChI=1S/C18H13FN2O4S/c19-12-3-1-11(2-4-12)9-15-17(24)21(18(25)26-15)10-16(23)20-13-5-7-14(22)8-6-13/h1-9,22H,10H2,(H,20,23)/b15-9-. The quantitative estimate of drug-likeness (QED) is 0.636. The summed E-state index contributed by atoms with van der Waals surface area (Å²) in [6, 6.07) is 11.3. The highest BCUT2D eigenvalue weighted by atomic mass is 32.2. The second-order valence-electron chi connectivity index (χ2n) is 5.41. The Morgan fingerprint density at radius 3 is 2.42 bits per heavy atom. The highest BCUT2D eigenvalue weighted by molar-refractivity contribution is 8.18. The van der Waals surface area contributed by atoms with Crippen molar-refractivity contribution in [3.8, 4) is 5.75 Å². The number of hydrogen-bond donors (Lipinski definition) is 2. The van der Waals surface area contributed by atoms with Gasteiger partial charge in [0.25, 0.3) is 11.1 Å². The summed E-state index contributed by atoms with van der Waals surface area (Å²) in [6.45, 7) is -0.424. The number of phenolic OH excluding ortho intramolecular Hbond substituents is 1. The van der Waals surface area contributed by atoms with E-state index in [2.05, 4.69) is 5.32 Å². The molecule has 2 aromatic carbocycles. The molecule has 0 bridgehead atoms. The van der Waals surface area contributed by atoms with E-state index in [0.29, 0.717) is 11.3 Å². The normalized spacial score (nSPS) is 15.6. The maximum atomic E-state index is 12.9. The van der Waals surface area contributed by atoms with Crippen molar-refractivity contribution >= 4 is 40.6 Å². The molecule has 2 N–H and O–H groups in total. The van der Waals surface area contributed by atoms with E-state index < -0.39 is 29.4 Å². The Morgan fingerprint density at radius 1 is 1.12 bits per heavy atom. The molecule has 0 unspecified atom stereocenters. The number of aromatic hydroxyl groups is 1. The molecule has 0 saturated carbocycles. The van der Waals surface area contributed by atoms with Gasteiger partial charge >= 0.3 is 0 Å². The number of hydrogen-bond acceptors (Lipinski definition) is 5. The van der Waals surface area contributed by atoms with E-state index in [9.17, 15) is 23.9 Å². The molecule has 3 amide bonds. The Balaban J connectivity index is 1.67. The smallest absolute Gasteiger partial charge is 0.294 e. The summed E-state index contributed by atoms with van der Waals surface area (Å²) in [7, 11) is 0. The highest BCUT2D eigenvalue weighted by Crippen LogP contribution is 2.32. The lowest BCUT2D eigenvalue weighted by atomic mass is 10.2. The molecule has 6 nitrogen and oxygen atoms in total. The van der Waals surface area contributed by atoms with Gasteiger partial charge in [-0.2, -0.15) is 0 Å². The van der Waals surface area contributed by atoms with E-state index in [1.54, 1.807) is 0 Å². The molecule has 1 heterocycles. The fourth-order valence-corrected chi connectivity index (χ4v) is 3.07. The van der Waals surface area contributed by atoms with Crippen LogP contribution in [-0.2, 0) is 9.59 Å². The number of nitrogens with zero attached hydrogens (tertiary/aromatic N) is 1. The van der Waals surface area contributed by atoms with Gasteiger partial charge < -0.3 is 10.4 Å². The number of benzene rings is 2. The van der Waals surface area contributed by atoms with Crippen molar-refractivity contribution in [2.24, 2.45) is 0 Å². The van der Waals surface area contributed by atoms with E-state index >= 15 is 0 Å². The highest BCUT2D eigenvalue weighted by Gasteiger charge is 2.36. The third-order valence-corrected chi connectivity index (χ3v) is 4.40. The van der Waals surface area contributed by atoms with E-state index in [1.807, 2.05) is 0 Å². The fraction of sp³-hybridized carbons (Fsp3) is 0.0556. The molecule has 0 aliphatic carbocycles. The van der Waals surface area contributed by atoms with Gasteiger partial charge in [-0.25, -0.2) is 4.39 Å². The van der Waals surface area contributed by atoms with E-state index in [0.717, 1.165) is 16.7 Å². The molecule has 1 aliphatic heterocycles. The maximum Gasteiger partial charge on any atom is 0.294 e. The number of phenols is 1. The lowest BCUT2D eigenvalue weighted by Crippen LogP contribution is -2.36. The van der Waals surface area contributed by atoms with Crippen molar-refractivity contribution < 1.29 is 23.9 Å². The largest absolute Gasteiger partial charge is 0.508 e. The number of nitrogens with one attached hydrogen (secondary N) is 1. The van der Waals surface area contributed by atoms with Gasteiger partial charge in [-0.15, -0.1) is 0 Å². The molecule has 8 heteroatoms. The predicted molar refractivity (Wildman–Crippen MR) is 95.8 cm³/mol. The van der Waals surface area contributed by atoms with Crippen LogP contribution in [0.1, 0.15) is 5.56 Å². The van der Waals surface area contributed by atoms with Crippen LogP contribution >= 0.6 is 11.8 Å². The first-order valence-corrected chi connectivity index (χ1v) is 8.34. The number of amides is 3. The Kier molecular flexibility index (Phi) is 5.04. The van der Waals surface area contributed by atoms with E-state index in [-0.39, 0.29) is 10.7 Å². The molecule has 2 aromatic rings. The molecule has 1 fully saturated rings. The molecule has 0 atom stereocenters. The van der Waals surface area contributed by atoms with Gasteiger partial charge in [-0.1, -0.05) is 12.1 Å². The second-order valence-corrected chi connectivity index (χ2v) is 6.41. The minimum absolute atomic E-state index is 0.0554. The Labute approximate surface area is 152 Å². The minimum Gasteiger partial charge on any atom is -0.508 e. The van der Waals surface area contributed by atoms with Crippen LogP contribution < -0.4 is 5.32 Å². The lowest BCUT2D eigenvalue weighted by Gasteiger charge is -2.12. The zero-order chi connectivity index (χ0) is 18.7. The van der Waals surface area contributed by atoms with Crippen LogP contribution in [0, 0.1) is 5.82 Å². The number of anilines is 1. The third kappa shape index (κ3) is 4.09. The summed E-state index contributed by atoms with van der Waals surface area (Å²) in [5, 5.41) is 11.2. The van der Waals surface area contributed by atoms with Crippen LogP contribution in [-0.4, -0.2) is 33.6 Å². The monoisotopic (exact) mass is 372 g/mol. The van der Waals surface area contributed by atoms with Crippen LogP contribution in [0.4, 0.5) is 14.9 Å². The molecule has 3 rings (SSSR count). The zero-order valence-corrected chi connectivity index (χ0v) is 14.1. The third-order valence-electron chi connectivity index (χ3n) is 3.49. The summed E-state index contributed by atoms with van der Waals surface area (Å²) in [6.07, 6.45) is 1.47. The first kappa shape index (κ1) is 17.7. The number of thioether (sulfide) groups is 1. The first-order chi connectivity index (χ1) is 12.4. The molecule has 0 spiro atoms. The summed E-state index contributed by atoms with van der Waals surface area (Å²) in [5.74, 6) is -1.47. The number of carbonyl (C=O) groups is 3. The molecule has 26 heavy (non-hydrogen) atoms. The average Bonchev–Trinajstić information content (AvgIpc) is 2.86. The van der Waals surface area contributed by atoms with E-state index in [4.69, 9.17) is 0 Å².